The van der Waals surface area contributed by atoms with Gasteiger partial charge in [-0.3, -0.25) is 4.79 Å². The fourth-order valence-electron chi connectivity index (χ4n) is 5.33. The molecule has 1 unspecified atom stereocenters. The van der Waals surface area contributed by atoms with Gasteiger partial charge in [0.1, 0.15) is 6.10 Å². The lowest BCUT2D eigenvalue weighted by molar-refractivity contribution is -0.159. The van der Waals surface area contributed by atoms with Crippen LogP contribution in [0.3, 0.4) is 0 Å². The zero-order valence-corrected chi connectivity index (χ0v) is 22.3. The first-order valence-corrected chi connectivity index (χ1v) is 13.3. The minimum Gasteiger partial charge on any atom is -0.493 e. The van der Waals surface area contributed by atoms with Gasteiger partial charge in [-0.15, -0.1) is 11.3 Å². The number of rotatable bonds is 7. The summed E-state index contributed by atoms with van der Waals surface area (Å²) in [6.07, 6.45) is 0.585. The van der Waals surface area contributed by atoms with Crippen LogP contribution in [-0.4, -0.2) is 84.9 Å². The van der Waals surface area contributed by atoms with E-state index in [2.05, 4.69) is 9.88 Å². The lowest BCUT2D eigenvalue weighted by atomic mass is 9.72. The molecule has 3 aliphatic rings. The molecule has 3 saturated heterocycles. The zero-order chi connectivity index (χ0) is 25.7. The van der Waals surface area contributed by atoms with Crippen LogP contribution in [0.4, 0.5) is 5.13 Å². The topological polar surface area (TPSA) is 93.6 Å². The summed E-state index contributed by atoms with van der Waals surface area (Å²) in [5, 5.41) is 13.8. The van der Waals surface area contributed by atoms with Crippen molar-refractivity contribution in [3.8, 4) is 11.5 Å². The highest BCUT2D eigenvalue weighted by molar-refractivity contribution is 7.13. The van der Waals surface area contributed by atoms with E-state index in [1.165, 1.54) is 0 Å². The highest BCUT2D eigenvalue weighted by Gasteiger charge is 2.50. The number of carbonyl (C=O) groups excluding carboxylic acids is 1. The number of nitrogens with zero attached hydrogens (tertiary/aromatic N) is 3. The molecule has 1 aromatic carbocycles. The molecule has 4 heterocycles. The summed E-state index contributed by atoms with van der Waals surface area (Å²) in [7, 11) is 1.63. The number of aliphatic hydroxyl groups is 1. The van der Waals surface area contributed by atoms with Crippen molar-refractivity contribution in [1.82, 2.24) is 9.88 Å². The van der Waals surface area contributed by atoms with Gasteiger partial charge in [0.05, 0.1) is 32.9 Å². The Labute approximate surface area is 215 Å². The van der Waals surface area contributed by atoms with Gasteiger partial charge in [-0.1, -0.05) is 13.0 Å². The lowest BCUT2D eigenvalue weighted by Crippen LogP contribution is -2.54. The lowest BCUT2D eigenvalue weighted by Gasteiger charge is -2.39. The van der Waals surface area contributed by atoms with E-state index in [9.17, 15) is 9.90 Å². The molecule has 0 bridgehead atoms. The normalized spacial score (nSPS) is 28.7. The molecule has 3 aliphatic heterocycles. The molecular weight excluding hydrogens is 482 g/mol. The molecule has 0 spiro atoms. The second kappa shape index (κ2) is 9.48. The van der Waals surface area contributed by atoms with Gasteiger partial charge in [-0.25, -0.2) is 4.98 Å². The van der Waals surface area contributed by atoms with Crippen LogP contribution in [-0.2, 0) is 14.3 Å². The van der Waals surface area contributed by atoms with Crippen LogP contribution in [0, 0.1) is 5.41 Å². The number of aliphatic hydroxyl groups excluding tert-OH is 1. The van der Waals surface area contributed by atoms with E-state index in [1.54, 1.807) is 30.3 Å². The van der Waals surface area contributed by atoms with Crippen LogP contribution < -0.4 is 14.4 Å². The molecule has 3 fully saturated rings. The minimum absolute atomic E-state index is 0.0331. The molecule has 0 radical (unpaired) electrons. The van der Waals surface area contributed by atoms with Crippen molar-refractivity contribution < 1.29 is 28.8 Å². The second-order valence-electron chi connectivity index (χ2n) is 10.6. The standard InChI is InChI=1S/C26H35N3O6S/c1-16(30)26(4)15-29(23(31)22-14-33-25(2,3)35-22)13-19(26)17-6-7-20(32-5)21(10-17)34-18-11-28(12-18)24-27-8-9-36-24/h6-10,16,18-19,22,30H,11-15H2,1-5H3/t16-,19+,22?,26+/m1/s1. The largest absolute Gasteiger partial charge is 0.493 e. The van der Waals surface area contributed by atoms with E-state index < -0.39 is 23.4 Å². The third-order valence-electron chi connectivity index (χ3n) is 7.70. The Hall–Kier alpha value is -2.40. The molecule has 5 rings (SSSR count). The first kappa shape index (κ1) is 25.3. The molecule has 9 nitrogen and oxygen atoms in total. The van der Waals surface area contributed by atoms with Gasteiger partial charge >= 0.3 is 0 Å². The maximum absolute atomic E-state index is 13.3. The fraction of sp³-hybridized carbons (Fsp3) is 0.615. The smallest absolute Gasteiger partial charge is 0.254 e. The summed E-state index contributed by atoms with van der Waals surface area (Å²) < 4.78 is 23.4. The second-order valence-corrected chi connectivity index (χ2v) is 11.5. The summed E-state index contributed by atoms with van der Waals surface area (Å²) in [4.78, 5) is 21.6. The molecule has 1 amide bonds. The Morgan fingerprint density at radius 1 is 1.25 bits per heavy atom. The van der Waals surface area contributed by atoms with E-state index in [1.807, 2.05) is 50.5 Å². The average Bonchev–Trinajstić information content (AvgIpc) is 3.54. The number of thiazole rings is 1. The van der Waals surface area contributed by atoms with Crippen LogP contribution in [0.15, 0.2) is 29.8 Å². The van der Waals surface area contributed by atoms with Crippen LogP contribution in [0.25, 0.3) is 0 Å². The highest BCUT2D eigenvalue weighted by atomic mass is 32.1. The van der Waals surface area contributed by atoms with E-state index >= 15 is 0 Å². The average molecular weight is 518 g/mol. The number of ether oxygens (including phenoxy) is 4. The van der Waals surface area contributed by atoms with Gasteiger partial charge in [-0.05, 0) is 38.5 Å². The van der Waals surface area contributed by atoms with Crippen molar-refractivity contribution in [3.63, 3.8) is 0 Å². The number of hydrogen-bond acceptors (Lipinski definition) is 9. The number of benzene rings is 1. The third kappa shape index (κ3) is 4.67. The molecule has 0 aliphatic carbocycles. The molecule has 1 aromatic heterocycles. The predicted molar refractivity (Wildman–Crippen MR) is 136 cm³/mol. The van der Waals surface area contributed by atoms with Crippen LogP contribution in [0.5, 0.6) is 11.5 Å². The van der Waals surface area contributed by atoms with Gasteiger partial charge in [0.25, 0.3) is 5.91 Å². The van der Waals surface area contributed by atoms with E-state index in [0.717, 1.165) is 23.8 Å². The van der Waals surface area contributed by atoms with Gasteiger partial charge < -0.3 is 33.9 Å². The van der Waals surface area contributed by atoms with Crippen LogP contribution in [0.2, 0.25) is 0 Å². The van der Waals surface area contributed by atoms with Crippen molar-refractivity contribution in [2.45, 2.75) is 57.7 Å². The molecule has 1 N–H and O–H groups in total. The van der Waals surface area contributed by atoms with E-state index in [4.69, 9.17) is 18.9 Å². The maximum atomic E-state index is 13.3. The number of carbonyl (C=O) groups is 1. The zero-order valence-electron chi connectivity index (χ0n) is 21.5. The number of hydrogen-bond donors (Lipinski definition) is 1. The van der Waals surface area contributed by atoms with E-state index in [0.29, 0.717) is 24.6 Å². The third-order valence-corrected chi connectivity index (χ3v) is 8.53. The van der Waals surface area contributed by atoms with Crippen LogP contribution in [0.1, 0.15) is 39.2 Å². The minimum atomic E-state index is -0.772. The Kier molecular flexibility index (Phi) is 6.65. The number of likely N-dealkylation sites (tertiary alicyclic amines) is 1. The Balaban J connectivity index is 1.34. The molecule has 2 aromatic rings. The van der Waals surface area contributed by atoms with Crippen molar-refractivity contribution in [2.24, 2.45) is 5.41 Å². The van der Waals surface area contributed by atoms with Crippen molar-refractivity contribution in [3.05, 3.63) is 35.3 Å². The van der Waals surface area contributed by atoms with Gasteiger partial charge in [0.15, 0.2) is 28.5 Å². The van der Waals surface area contributed by atoms with Crippen molar-refractivity contribution in [1.29, 1.82) is 0 Å². The first-order chi connectivity index (χ1) is 17.1. The summed E-state index contributed by atoms with van der Waals surface area (Å²) >= 11 is 1.62. The van der Waals surface area contributed by atoms with Crippen molar-refractivity contribution >= 4 is 22.4 Å². The first-order valence-electron chi connectivity index (χ1n) is 12.4. The molecular formula is C26H35N3O6S. The summed E-state index contributed by atoms with van der Waals surface area (Å²) in [5.41, 5.74) is 0.471. The van der Waals surface area contributed by atoms with Gasteiger partial charge in [0.2, 0.25) is 0 Å². The summed E-state index contributed by atoms with van der Waals surface area (Å²) in [5.74, 6) is 0.377. The quantitative estimate of drug-likeness (QED) is 0.599. The SMILES string of the molecule is COc1ccc([C@@H]2CN(C(=O)C3COC(C)(C)O3)C[C@@]2(C)[C@@H](C)O)cc1OC1CN(c2nccs2)C1. The molecule has 4 atom stereocenters. The highest BCUT2D eigenvalue weighted by Crippen LogP contribution is 2.47. The van der Waals surface area contributed by atoms with Gasteiger partial charge in [0, 0.05) is 36.0 Å². The molecule has 36 heavy (non-hydrogen) atoms. The number of aromatic nitrogens is 1. The Bertz CT molecular complexity index is 1090. The van der Waals surface area contributed by atoms with Gasteiger partial charge in [-0.2, -0.15) is 0 Å². The molecule has 10 heteroatoms. The number of methoxy groups -OCH3 is 1. The predicted octanol–water partition coefficient (Wildman–Crippen LogP) is 2.88. The monoisotopic (exact) mass is 517 g/mol. The van der Waals surface area contributed by atoms with Crippen molar-refractivity contribution in [2.75, 3.05) is 44.8 Å². The number of anilines is 1. The molecule has 196 valence electrons. The van der Waals surface area contributed by atoms with E-state index in [-0.39, 0.29) is 24.5 Å². The Morgan fingerprint density at radius 3 is 2.64 bits per heavy atom. The maximum Gasteiger partial charge on any atom is 0.254 e. The Morgan fingerprint density at radius 2 is 2.03 bits per heavy atom. The molecule has 0 saturated carbocycles. The fourth-order valence-corrected chi connectivity index (χ4v) is 5.99. The number of amides is 1. The summed E-state index contributed by atoms with van der Waals surface area (Å²) in [6.45, 7) is 10.1. The van der Waals surface area contributed by atoms with Crippen LogP contribution >= 0.6 is 11.3 Å². The summed E-state index contributed by atoms with van der Waals surface area (Å²) in [6, 6.07) is 5.92.